The molecule has 3 aromatic carbocycles. The van der Waals surface area contributed by atoms with Crippen LogP contribution in [0.3, 0.4) is 0 Å². The van der Waals surface area contributed by atoms with Crippen molar-refractivity contribution in [1.29, 1.82) is 0 Å². The molecule has 21 heteroatoms. The summed E-state index contributed by atoms with van der Waals surface area (Å²) in [5.74, 6) is -7.70. The molecule has 3 aliphatic carbocycles. The second-order valence-corrected chi connectivity index (χ2v) is 21.5. The van der Waals surface area contributed by atoms with E-state index in [-0.39, 0.29) is 41.8 Å². The SMILES string of the molecule is CCN(CC)CC(=O)O[C@@H](C(=O)O[C@H]1C[C@@]2(O)[C@@H](OC(=O)c3ccccc3)[C@@H]3[C@]4(OC(C)=O)CO[C@@H]4C[C@H](O)[C@@]3(C)C(=O)[C@H](OC(C)=O)C(=C1C)C2(C)C)[C@@H](NC(=O)c1ccccc1)c1ccccc1.CS(=O)(=O)O. The molecule has 4 N–H and O–H groups in total. The number of nitrogens with one attached hydrogen (secondary N) is 1. The van der Waals surface area contributed by atoms with Gasteiger partial charge in [0.25, 0.3) is 16.0 Å². The second kappa shape index (κ2) is 22.9. The lowest BCUT2D eigenvalue weighted by atomic mass is 9.44. The molecule has 2 bridgehead atoms. The summed E-state index contributed by atoms with van der Waals surface area (Å²) in [6, 6.07) is 23.0. The fourth-order valence-corrected chi connectivity index (χ4v) is 11.1. The Morgan fingerprint density at radius 3 is 1.89 bits per heavy atom. The van der Waals surface area contributed by atoms with Gasteiger partial charge in [-0.3, -0.25) is 33.4 Å². The highest BCUT2D eigenvalue weighted by atomic mass is 32.2. The van der Waals surface area contributed by atoms with Crippen LogP contribution in [0.4, 0.5) is 0 Å². The standard InChI is InChI=1S/C53H62N2O15.CH4O3S/c1-9-55(10-2)28-39(59)68-43(41(33-20-14-11-15-21-33)54-47(61)34-22-16-12-17-23-34)49(63)67-36-27-53(64)46(69-48(62)35-24-18-13-19-25-35)44-51(8,37(58)26-38-52(44,29-65-38)70-32(5)57)45(60)42(66-31(4)56)40(30(36)3)50(53,6)7;1-5(2,3)4/h11-25,36-38,41-44,46,58,64H,9-10,26-29H2,1-8H3,(H,54,61);1H3,(H,2,3,4)/t36-,37-,38+,41-,42+,43+,44-,46-,51+,52-,53+;/m0./s1. The van der Waals surface area contributed by atoms with E-state index >= 15 is 9.59 Å². The molecule has 0 radical (unpaired) electrons. The number of Topliss-reactive ketones (excluding diaryl/α,β-unsaturated/α-hetero) is 1. The molecule has 406 valence electrons. The largest absolute Gasteiger partial charge is 0.455 e. The van der Waals surface area contributed by atoms with Gasteiger partial charge in [-0.1, -0.05) is 94.4 Å². The van der Waals surface area contributed by atoms with Gasteiger partial charge in [0.05, 0.1) is 42.4 Å². The Balaban J connectivity index is 0.00000174. The number of benzene rings is 3. The van der Waals surface area contributed by atoms with Gasteiger partial charge in [0.1, 0.15) is 30.0 Å². The average Bonchev–Trinajstić information content (AvgIpc) is 3.35. The fourth-order valence-electron chi connectivity index (χ4n) is 11.1. The molecule has 7 rings (SSSR count). The number of rotatable bonds is 15. The van der Waals surface area contributed by atoms with E-state index in [2.05, 4.69) is 5.32 Å². The minimum atomic E-state index is -3.67. The highest BCUT2D eigenvalue weighted by Crippen LogP contribution is 2.64. The minimum absolute atomic E-state index is 0.0209. The van der Waals surface area contributed by atoms with Crippen molar-refractivity contribution in [2.75, 3.05) is 32.5 Å². The van der Waals surface area contributed by atoms with Gasteiger partial charge in [-0.05, 0) is 67.9 Å². The average molecular weight is 1060 g/mol. The molecule has 1 amide bonds. The Kier molecular flexibility index (Phi) is 17.6. The van der Waals surface area contributed by atoms with Crippen molar-refractivity contribution in [1.82, 2.24) is 10.2 Å². The summed E-state index contributed by atoms with van der Waals surface area (Å²) >= 11 is 0. The molecule has 75 heavy (non-hydrogen) atoms. The molecule has 1 aliphatic heterocycles. The van der Waals surface area contributed by atoms with E-state index in [1.807, 2.05) is 13.8 Å². The van der Waals surface area contributed by atoms with Crippen LogP contribution in [-0.2, 0) is 62.5 Å². The first-order valence-corrected chi connectivity index (χ1v) is 26.3. The van der Waals surface area contributed by atoms with Crippen LogP contribution in [-0.4, -0.2) is 150 Å². The lowest BCUT2D eigenvalue weighted by Crippen LogP contribution is -2.82. The highest BCUT2D eigenvalue weighted by Gasteiger charge is 2.78. The number of likely N-dealkylation sites (N-methyl/N-ethyl adjacent to an activating group) is 1. The molecule has 2 saturated carbocycles. The first-order chi connectivity index (χ1) is 35.1. The Labute approximate surface area is 435 Å². The van der Waals surface area contributed by atoms with E-state index in [1.54, 1.807) is 97.6 Å². The number of nitrogens with zero attached hydrogens (tertiary/aromatic N) is 1. The maximum atomic E-state index is 15.7. The molecule has 1 heterocycles. The van der Waals surface area contributed by atoms with Crippen LogP contribution < -0.4 is 5.32 Å². The van der Waals surface area contributed by atoms with Gasteiger partial charge in [-0.2, -0.15) is 8.42 Å². The normalized spacial score (nSPS) is 28.4. The number of aliphatic hydroxyl groups is 2. The number of ether oxygens (including phenoxy) is 6. The first kappa shape index (κ1) is 57.9. The summed E-state index contributed by atoms with van der Waals surface area (Å²) in [5.41, 5.74) is -7.25. The van der Waals surface area contributed by atoms with Crippen LogP contribution in [0.5, 0.6) is 0 Å². The van der Waals surface area contributed by atoms with Crippen molar-refractivity contribution < 1.29 is 85.2 Å². The quantitative estimate of drug-likeness (QED) is 0.0720. The molecule has 0 unspecified atom stereocenters. The van der Waals surface area contributed by atoms with Crippen LogP contribution in [0, 0.1) is 16.7 Å². The zero-order chi connectivity index (χ0) is 55.4. The third kappa shape index (κ3) is 11.9. The fraction of sp³-hybridized carbons (Fsp3) is 0.500. The summed E-state index contributed by atoms with van der Waals surface area (Å²) in [6.45, 7) is 12.4. The Bertz CT molecular complexity index is 2760. The van der Waals surface area contributed by atoms with Gasteiger partial charge < -0.3 is 44.0 Å². The second-order valence-electron chi connectivity index (χ2n) is 20.0. The molecule has 1 saturated heterocycles. The number of fused-ring (bicyclic) bond motifs is 5. The highest BCUT2D eigenvalue weighted by molar-refractivity contribution is 7.85. The molecule has 3 fully saturated rings. The van der Waals surface area contributed by atoms with Crippen molar-refractivity contribution in [2.24, 2.45) is 16.7 Å². The summed E-state index contributed by atoms with van der Waals surface area (Å²) in [5, 5.41) is 29.0. The van der Waals surface area contributed by atoms with Gasteiger partial charge in [0.2, 0.25) is 6.10 Å². The van der Waals surface area contributed by atoms with Crippen LogP contribution in [0.1, 0.15) is 101 Å². The number of hydrogen-bond acceptors (Lipinski definition) is 18. The summed E-state index contributed by atoms with van der Waals surface area (Å²) in [6.07, 6.45) is -9.87. The van der Waals surface area contributed by atoms with Crippen molar-refractivity contribution in [2.45, 2.75) is 122 Å². The monoisotopic (exact) mass is 1060 g/mol. The summed E-state index contributed by atoms with van der Waals surface area (Å²) < 4.78 is 62.8. The topological polar surface area (TPSA) is 285 Å². The maximum absolute atomic E-state index is 15.7. The predicted molar refractivity (Wildman–Crippen MR) is 267 cm³/mol. The van der Waals surface area contributed by atoms with Crippen molar-refractivity contribution >= 4 is 51.7 Å². The van der Waals surface area contributed by atoms with Crippen LogP contribution in [0.25, 0.3) is 0 Å². The van der Waals surface area contributed by atoms with E-state index < -0.39 is 129 Å². The number of carbonyl (C=O) groups excluding carboxylic acids is 7. The van der Waals surface area contributed by atoms with Crippen LogP contribution in [0.15, 0.2) is 102 Å². The van der Waals surface area contributed by atoms with E-state index in [9.17, 15) is 42.6 Å². The number of hydrogen-bond donors (Lipinski definition) is 4. The molecule has 4 aliphatic rings. The molecule has 0 aromatic heterocycles. The Hall–Kier alpha value is -6.36. The molecule has 20 nitrogen and oxygen atoms in total. The summed E-state index contributed by atoms with van der Waals surface area (Å²) in [4.78, 5) is 101. The predicted octanol–water partition coefficient (Wildman–Crippen LogP) is 4.13. The third-order valence-corrected chi connectivity index (χ3v) is 15.0. The molecular formula is C54H66N2O18S. The van der Waals surface area contributed by atoms with Crippen molar-refractivity contribution in [3.63, 3.8) is 0 Å². The number of amides is 1. The van der Waals surface area contributed by atoms with Gasteiger partial charge >= 0.3 is 29.8 Å². The molecule has 0 spiro atoms. The van der Waals surface area contributed by atoms with E-state index in [0.29, 0.717) is 24.9 Å². The number of esters is 5. The van der Waals surface area contributed by atoms with Gasteiger partial charge in [0.15, 0.2) is 17.5 Å². The van der Waals surface area contributed by atoms with E-state index in [4.69, 9.17) is 33.0 Å². The van der Waals surface area contributed by atoms with Gasteiger partial charge in [-0.25, -0.2) is 9.59 Å². The van der Waals surface area contributed by atoms with Crippen LogP contribution >= 0.6 is 0 Å². The Morgan fingerprint density at radius 1 is 0.840 bits per heavy atom. The molecule has 11 atom stereocenters. The van der Waals surface area contributed by atoms with E-state index in [1.165, 1.54) is 26.0 Å². The first-order valence-electron chi connectivity index (χ1n) is 24.5. The molecule has 3 aromatic rings. The number of carbonyl (C=O) groups is 7. The van der Waals surface area contributed by atoms with Gasteiger partial charge in [0, 0.05) is 37.7 Å². The third-order valence-electron chi connectivity index (χ3n) is 15.0. The Morgan fingerprint density at radius 2 is 1.39 bits per heavy atom. The summed E-state index contributed by atoms with van der Waals surface area (Å²) in [7, 11) is -3.67. The minimum Gasteiger partial charge on any atom is -0.455 e. The van der Waals surface area contributed by atoms with Crippen molar-refractivity contribution in [3.05, 3.63) is 119 Å². The number of ketones is 1. The van der Waals surface area contributed by atoms with Crippen molar-refractivity contribution in [3.8, 4) is 0 Å². The van der Waals surface area contributed by atoms with E-state index in [0.717, 1.165) is 13.8 Å². The number of aliphatic hydroxyl groups excluding tert-OH is 1. The van der Waals surface area contributed by atoms with Gasteiger partial charge in [-0.15, -0.1) is 0 Å². The van der Waals surface area contributed by atoms with Crippen LogP contribution in [0.2, 0.25) is 0 Å². The molecular weight excluding hydrogens is 997 g/mol. The smallest absolute Gasteiger partial charge is 0.350 e. The zero-order valence-electron chi connectivity index (χ0n) is 43.3. The maximum Gasteiger partial charge on any atom is 0.350 e. The lowest BCUT2D eigenvalue weighted by molar-refractivity contribution is -0.346. The lowest BCUT2D eigenvalue weighted by Gasteiger charge is -2.67. The zero-order valence-corrected chi connectivity index (χ0v) is 44.2.